The minimum Gasteiger partial charge on any atom is -0.377 e. The number of nitrogens with one attached hydrogen (secondary N) is 2. The molecule has 134 valence electrons. The predicted molar refractivity (Wildman–Crippen MR) is 99.0 cm³/mol. The van der Waals surface area contributed by atoms with Crippen LogP contribution in [-0.4, -0.2) is 54.4 Å². The Bertz CT molecular complexity index is 495. The zero-order valence-electron chi connectivity index (χ0n) is 14.5. The van der Waals surface area contributed by atoms with E-state index in [4.69, 9.17) is 4.74 Å². The number of likely N-dealkylation sites (N-methyl/N-ethyl adjacent to an activating group) is 1. The minimum atomic E-state index is 0.129. The Kier molecular flexibility index (Phi) is 6.63. The summed E-state index contributed by atoms with van der Waals surface area (Å²) in [6.45, 7) is 2.58. The molecule has 1 unspecified atom stereocenters. The van der Waals surface area contributed by atoms with Crippen molar-refractivity contribution in [3.8, 4) is 0 Å². The van der Waals surface area contributed by atoms with Crippen molar-refractivity contribution in [2.45, 2.75) is 56.0 Å². The molecule has 0 aromatic rings. The number of carbonyl (C=O) groups excluding carboxylic acids is 1. The first-order valence-electron chi connectivity index (χ1n) is 9.06. The third kappa shape index (κ3) is 5.26. The molecule has 1 fully saturated rings. The SMILES string of the molecule is CN(CCOC1CC=C(C[C@@H]2CNC(=O)S2)CC1)[C@@H]1CCC=CN1. The van der Waals surface area contributed by atoms with Gasteiger partial charge in [-0.3, -0.25) is 9.69 Å². The van der Waals surface area contributed by atoms with Crippen LogP contribution in [0, 0.1) is 0 Å². The van der Waals surface area contributed by atoms with Crippen LogP contribution in [0.5, 0.6) is 0 Å². The zero-order valence-corrected chi connectivity index (χ0v) is 15.3. The quantitative estimate of drug-likeness (QED) is 0.691. The summed E-state index contributed by atoms with van der Waals surface area (Å²) in [6.07, 6.45) is 14.0. The lowest BCUT2D eigenvalue weighted by molar-refractivity contribution is 0.0268. The van der Waals surface area contributed by atoms with Gasteiger partial charge in [0.15, 0.2) is 0 Å². The Labute approximate surface area is 149 Å². The summed E-state index contributed by atoms with van der Waals surface area (Å²) in [7, 11) is 2.16. The van der Waals surface area contributed by atoms with Gasteiger partial charge in [-0.2, -0.15) is 0 Å². The summed E-state index contributed by atoms with van der Waals surface area (Å²) in [5, 5.41) is 6.84. The van der Waals surface area contributed by atoms with E-state index in [-0.39, 0.29) is 5.24 Å². The van der Waals surface area contributed by atoms with Crippen LogP contribution in [0.2, 0.25) is 0 Å². The Morgan fingerprint density at radius 1 is 1.42 bits per heavy atom. The molecule has 3 aliphatic rings. The van der Waals surface area contributed by atoms with E-state index in [0.29, 0.717) is 17.5 Å². The standard InChI is InChI=1S/C18H29N3O2S/c1-21(17-4-2-3-9-19-17)10-11-23-15-7-5-14(6-8-15)12-16-13-20-18(22)24-16/h3,5,9,15-17,19H,2,4,6-8,10-13H2,1H3,(H,20,22)/t15?,16-,17-/m1/s1. The van der Waals surface area contributed by atoms with Gasteiger partial charge >= 0.3 is 0 Å². The molecule has 0 radical (unpaired) electrons. The van der Waals surface area contributed by atoms with Crippen LogP contribution in [0.4, 0.5) is 4.79 Å². The monoisotopic (exact) mass is 351 g/mol. The van der Waals surface area contributed by atoms with Gasteiger partial charge < -0.3 is 15.4 Å². The first-order chi connectivity index (χ1) is 11.7. The highest BCUT2D eigenvalue weighted by Gasteiger charge is 2.25. The summed E-state index contributed by atoms with van der Waals surface area (Å²) < 4.78 is 6.08. The number of allylic oxidation sites excluding steroid dienone is 2. The first-order valence-corrected chi connectivity index (χ1v) is 9.94. The molecular formula is C18H29N3O2S. The first kappa shape index (κ1) is 17.8. The van der Waals surface area contributed by atoms with Gasteiger partial charge in [-0.1, -0.05) is 29.5 Å². The molecule has 1 saturated heterocycles. The van der Waals surface area contributed by atoms with Crippen LogP contribution in [-0.2, 0) is 4.74 Å². The third-order valence-electron chi connectivity index (χ3n) is 5.04. The number of amides is 1. The van der Waals surface area contributed by atoms with Crippen LogP contribution in [0.25, 0.3) is 0 Å². The molecule has 0 aromatic heterocycles. The van der Waals surface area contributed by atoms with Gasteiger partial charge in [-0.15, -0.1) is 0 Å². The smallest absolute Gasteiger partial charge is 0.279 e. The molecule has 3 atom stereocenters. The van der Waals surface area contributed by atoms with Gasteiger partial charge in [0.1, 0.15) is 0 Å². The lowest BCUT2D eigenvalue weighted by atomic mass is 9.94. The van der Waals surface area contributed by atoms with Crippen molar-refractivity contribution < 1.29 is 9.53 Å². The summed E-state index contributed by atoms with van der Waals surface area (Å²) in [6, 6.07) is 0. The van der Waals surface area contributed by atoms with Crippen LogP contribution < -0.4 is 10.6 Å². The summed E-state index contributed by atoms with van der Waals surface area (Å²) in [5.74, 6) is 0. The molecule has 5 nitrogen and oxygen atoms in total. The molecule has 2 aliphatic heterocycles. The normalized spacial score (nSPS) is 30.2. The number of nitrogens with zero attached hydrogens (tertiary/aromatic N) is 1. The molecule has 0 aromatic carbocycles. The number of rotatable bonds is 7. The molecule has 24 heavy (non-hydrogen) atoms. The van der Waals surface area contributed by atoms with Gasteiger partial charge in [0, 0.05) is 18.3 Å². The summed E-state index contributed by atoms with van der Waals surface area (Å²) in [5.41, 5.74) is 1.50. The van der Waals surface area contributed by atoms with E-state index in [0.717, 1.165) is 51.8 Å². The molecule has 1 amide bonds. The Morgan fingerprint density at radius 3 is 3.00 bits per heavy atom. The van der Waals surface area contributed by atoms with E-state index >= 15 is 0 Å². The van der Waals surface area contributed by atoms with Crippen molar-refractivity contribution >= 4 is 17.0 Å². The van der Waals surface area contributed by atoms with Gasteiger partial charge in [0.2, 0.25) is 0 Å². The maximum Gasteiger partial charge on any atom is 0.279 e. The minimum absolute atomic E-state index is 0.129. The molecule has 3 rings (SSSR count). The Morgan fingerprint density at radius 2 is 2.33 bits per heavy atom. The molecule has 2 heterocycles. The van der Waals surface area contributed by atoms with Gasteiger partial charge in [0.25, 0.3) is 5.24 Å². The number of thioether (sulfide) groups is 1. The number of hydrogen-bond acceptors (Lipinski definition) is 5. The third-order valence-corrected chi connectivity index (χ3v) is 6.06. The second-order valence-corrected chi connectivity index (χ2v) is 8.16. The zero-order chi connectivity index (χ0) is 16.8. The average Bonchev–Trinajstić information content (AvgIpc) is 3.02. The van der Waals surface area contributed by atoms with Crippen molar-refractivity contribution in [3.63, 3.8) is 0 Å². The average molecular weight is 352 g/mol. The van der Waals surface area contributed by atoms with E-state index in [1.165, 1.54) is 23.8 Å². The molecule has 0 saturated carbocycles. The van der Waals surface area contributed by atoms with Crippen molar-refractivity contribution in [2.24, 2.45) is 0 Å². The van der Waals surface area contributed by atoms with Crippen molar-refractivity contribution in [3.05, 3.63) is 23.9 Å². The van der Waals surface area contributed by atoms with Gasteiger partial charge in [-0.25, -0.2) is 0 Å². The van der Waals surface area contributed by atoms with Crippen LogP contribution in [0.15, 0.2) is 23.9 Å². The molecule has 2 N–H and O–H groups in total. The Hall–Kier alpha value is -0.980. The number of ether oxygens (including phenoxy) is 1. The molecule has 0 bridgehead atoms. The maximum atomic E-state index is 11.2. The predicted octanol–water partition coefficient (Wildman–Crippen LogP) is 2.85. The van der Waals surface area contributed by atoms with E-state index in [9.17, 15) is 4.79 Å². The molecule has 6 heteroatoms. The van der Waals surface area contributed by atoms with E-state index in [1.807, 2.05) is 0 Å². The lowest BCUT2D eigenvalue weighted by Crippen LogP contribution is -2.44. The topological polar surface area (TPSA) is 53.6 Å². The van der Waals surface area contributed by atoms with Gasteiger partial charge in [0.05, 0.1) is 18.9 Å². The second-order valence-electron chi connectivity index (χ2n) is 6.88. The van der Waals surface area contributed by atoms with Crippen molar-refractivity contribution in [2.75, 3.05) is 26.7 Å². The van der Waals surface area contributed by atoms with Crippen LogP contribution in [0.3, 0.4) is 0 Å². The van der Waals surface area contributed by atoms with Gasteiger partial charge in [-0.05, 0) is 51.8 Å². The molecule has 0 spiro atoms. The van der Waals surface area contributed by atoms with Crippen molar-refractivity contribution in [1.82, 2.24) is 15.5 Å². The largest absolute Gasteiger partial charge is 0.377 e. The fourth-order valence-electron chi connectivity index (χ4n) is 3.51. The molecular weight excluding hydrogens is 322 g/mol. The van der Waals surface area contributed by atoms with Crippen LogP contribution >= 0.6 is 11.8 Å². The van der Waals surface area contributed by atoms with Crippen LogP contribution in [0.1, 0.15) is 38.5 Å². The highest BCUT2D eigenvalue weighted by atomic mass is 32.2. The van der Waals surface area contributed by atoms with E-state index in [2.05, 4.69) is 40.9 Å². The second kappa shape index (κ2) is 8.92. The van der Waals surface area contributed by atoms with E-state index in [1.54, 1.807) is 0 Å². The van der Waals surface area contributed by atoms with E-state index < -0.39 is 0 Å². The summed E-state index contributed by atoms with van der Waals surface area (Å²) >= 11 is 1.45. The fraction of sp³-hybridized carbons (Fsp3) is 0.722. The Balaban J connectivity index is 1.31. The number of hydrogen-bond donors (Lipinski definition) is 2. The highest BCUT2D eigenvalue weighted by Crippen LogP contribution is 2.29. The maximum absolute atomic E-state index is 11.2. The highest BCUT2D eigenvalue weighted by molar-refractivity contribution is 8.14. The number of carbonyl (C=O) groups is 1. The summed E-state index contributed by atoms with van der Waals surface area (Å²) in [4.78, 5) is 13.6. The fourth-order valence-corrected chi connectivity index (χ4v) is 4.44. The molecule has 1 aliphatic carbocycles. The lowest BCUT2D eigenvalue weighted by Gasteiger charge is -2.31. The van der Waals surface area contributed by atoms with Crippen molar-refractivity contribution in [1.29, 1.82) is 0 Å².